The Labute approximate surface area is 290 Å². The summed E-state index contributed by atoms with van der Waals surface area (Å²) in [5, 5.41) is 5.67. The molecule has 8 aromatic rings. The summed E-state index contributed by atoms with van der Waals surface area (Å²) in [5.41, 5.74) is 9.43. The first-order chi connectivity index (χ1) is 22.2. The largest absolute Gasteiger partial charge is 0.501 e. The molecule has 4 aromatic heterocycles. The van der Waals surface area contributed by atoms with E-state index in [2.05, 4.69) is 111 Å². The first kappa shape index (κ1) is 32.6. The standard InChI is InChI=1S/C27H20NO2.C14H16NSi.Ir/c1-15(2)17-10-11-28-21(13-17)20-14-24-25(18-6-4-5-7-22(18)29-24)26-19-9-8-16(3)12-23(19)30-27(20)26;1-16(2,3)13-9-10-14(15-11-13)12-7-5-4-6-8-12;/h4-13,15H,1-3H3;4-7,9-11H,1-3H3;/q2*-1;. The number of hydrogen-bond acceptors (Lipinski definition) is 4. The van der Waals surface area contributed by atoms with Gasteiger partial charge in [0.2, 0.25) is 0 Å². The molecule has 0 aliphatic heterocycles. The van der Waals surface area contributed by atoms with E-state index >= 15 is 0 Å². The Hall–Kier alpha value is -4.35. The summed E-state index contributed by atoms with van der Waals surface area (Å²) in [6.07, 6.45) is 3.88. The Morgan fingerprint density at radius 3 is 2.26 bits per heavy atom. The van der Waals surface area contributed by atoms with Crippen LogP contribution in [0.3, 0.4) is 0 Å². The van der Waals surface area contributed by atoms with E-state index in [1.54, 1.807) is 0 Å². The summed E-state index contributed by atoms with van der Waals surface area (Å²) >= 11 is 0. The van der Waals surface area contributed by atoms with Crippen molar-refractivity contribution in [1.82, 2.24) is 9.97 Å². The fraction of sp³-hybridized carbons (Fsp3) is 0.171. The van der Waals surface area contributed by atoms with Gasteiger partial charge in [-0.05, 0) is 69.3 Å². The quantitative estimate of drug-likeness (QED) is 0.131. The van der Waals surface area contributed by atoms with Crippen molar-refractivity contribution in [3.8, 4) is 22.5 Å². The molecule has 0 aliphatic rings. The predicted molar refractivity (Wildman–Crippen MR) is 193 cm³/mol. The topological polar surface area (TPSA) is 52.1 Å². The molecule has 4 aromatic carbocycles. The molecule has 0 saturated carbocycles. The Balaban J connectivity index is 0.000000194. The number of aromatic nitrogens is 2. The molecule has 237 valence electrons. The molecule has 47 heavy (non-hydrogen) atoms. The molecule has 0 atom stereocenters. The number of aryl methyl sites for hydroxylation is 1. The molecule has 0 amide bonds. The van der Waals surface area contributed by atoms with Gasteiger partial charge in [-0.25, -0.2) is 0 Å². The van der Waals surface area contributed by atoms with Crippen LogP contribution < -0.4 is 5.19 Å². The number of para-hydroxylation sites is 1. The fourth-order valence-corrected chi connectivity index (χ4v) is 6.89. The number of benzene rings is 4. The summed E-state index contributed by atoms with van der Waals surface area (Å²) in [7, 11) is -1.23. The third-order valence-corrected chi connectivity index (χ3v) is 10.5. The molecule has 0 spiro atoms. The third kappa shape index (κ3) is 6.34. The average Bonchev–Trinajstić information content (AvgIpc) is 3.62. The van der Waals surface area contributed by atoms with Crippen LogP contribution in [0.5, 0.6) is 0 Å². The number of pyridine rings is 2. The number of rotatable bonds is 4. The van der Waals surface area contributed by atoms with Crippen LogP contribution in [0.2, 0.25) is 19.6 Å². The first-order valence-electron chi connectivity index (χ1n) is 15.8. The van der Waals surface area contributed by atoms with Gasteiger partial charge in [-0.2, -0.15) is 0 Å². The minimum Gasteiger partial charge on any atom is -0.501 e. The van der Waals surface area contributed by atoms with Crippen LogP contribution in [0.4, 0.5) is 0 Å². The molecular weight excluding hydrogens is 773 g/mol. The van der Waals surface area contributed by atoms with E-state index < -0.39 is 8.07 Å². The molecule has 0 bridgehead atoms. The van der Waals surface area contributed by atoms with Crippen LogP contribution in [0, 0.1) is 19.1 Å². The summed E-state index contributed by atoms with van der Waals surface area (Å²) < 4.78 is 12.7. The maximum absolute atomic E-state index is 6.43. The van der Waals surface area contributed by atoms with Crippen LogP contribution in [0.15, 0.2) is 112 Å². The van der Waals surface area contributed by atoms with E-state index in [1.165, 1.54) is 16.3 Å². The zero-order chi connectivity index (χ0) is 32.0. The van der Waals surface area contributed by atoms with Gasteiger partial charge in [-0.1, -0.05) is 99.2 Å². The number of nitrogens with zero attached hydrogens (tertiary/aromatic N) is 2. The van der Waals surface area contributed by atoms with Gasteiger partial charge >= 0.3 is 0 Å². The van der Waals surface area contributed by atoms with Crippen molar-refractivity contribution < 1.29 is 28.9 Å². The minimum atomic E-state index is -1.23. The van der Waals surface area contributed by atoms with Crippen molar-refractivity contribution in [1.29, 1.82) is 0 Å². The van der Waals surface area contributed by atoms with Crippen LogP contribution in [-0.4, -0.2) is 18.0 Å². The van der Waals surface area contributed by atoms with E-state index in [9.17, 15) is 0 Å². The fourth-order valence-electron chi connectivity index (χ4n) is 5.85. The molecule has 4 nitrogen and oxygen atoms in total. The van der Waals surface area contributed by atoms with Gasteiger partial charge in [0.15, 0.2) is 0 Å². The second-order valence-electron chi connectivity index (χ2n) is 13.2. The van der Waals surface area contributed by atoms with Crippen molar-refractivity contribution in [2.24, 2.45) is 0 Å². The van der Waals surface area contributed by atoms with E-state index in [0.717, 1.165) is 66.4 Å². The third-order valence-electron chi connectivity index (χ3n) is 8.48. The van der Waals surface area contributed by atoms with Gasteiger partial charge in [0.05, 0.1) is 19.2 Å². The van der Waals surface area contributed by atoms with Crippen LogP contribution >= 0.6 is 0 Å². The normalized spacial score (nSPS) is 11.6. The summed E-state index contributed by atoms with van der Waals surface area (Å²) in [5.74, 6) is 0.412. The van der Waals surface area contributed by atoms with Crippen LogP contribution in [-0.2, 0) is 20.1 Å². The van der Waals surface area contributed by atoms with Gasteiger partial charge in [-0.15, -0.1) is 35.9 Å². The van der Waals surface area contributed by atoms with E-state index in [4.69, 9.17) is 8.83 Å². The number of furan rings is 2. The molecule has 0 fully saturated rings. The van der Waals surface area contributed by atoms with Crippen molar-refractivity contribution in [3.63, 3.8) is 0 Å². The van der Waals surface area contributed by atoms with Crippen molar-refractivity contribution >= 4 is 57.1 Å². The second-order valence-corrected chi connectivity index (χ2v) is 18.3. The monoisotopic (exact) mass is 809 g/mol. The van der Waals surface area contributed by atoms with Crippen molar-refractivity contribution in [3.05, 3.63) is 127 Å². The molecule has 0 saturated heterocycles. The molecular formula is C41H36IrN2O2Si-2. The Kier molecular flexibility index (Phi) is 9.04. The molecule has 8 rings (SSSR count). The SMILES string of the molecule is C[Si](C)(C)c1ccc(-c2[c-]cccc2)nc1.Cc1ccc2c(c1)oc1c(-c3cc(C(C)C)ccn3)[c-]c3oc4ccccc4c3c12.[Ir]. The number of hydrogen-bond donors (Lipinski definition) is 0. The van der Waals surface area contributed by atoms with Gasteiger partial charge in [0.25, 0.3) is 0 Å². The zero-order valence-electron chi connectivity index (χ0n) is 27.4. The van der Waals surface area contributed by atoms with E-state index in [-0.39, 0.29) is 20.1 Å². The zero-order valence-corrected chi connectivity index (χ0v) is 30.8. The van der Waals surface area contributed by atoms with Gasteiger partial charge in [0, 0.05) is 37.9 Å². The molecule has 0 aliphatic carbocycles. The molecule has 1 radical (unpaired) electrons. The Morgan fingerprint density at radius 2 is 1.53 bits per heavy atom. The molecule has 6 heteroatoms. The van der Waals surface area contributed by atoms with Gasteiger partial charge in [0.1, 0.15) is 11.2 Å². The maximum atomic E-state index is 6.43. The Bertz CT molecular complexity index is 2330. The summed E-state index contributed by atoms with van der Waals surface area (Å²) in [6, 6.07) is 37.6. The van der Waals surface area contributed by atoms with Crippen molar-refractivity contribution in [2.75, 3.05) is 0 Å². The minimum absolute atomic E-state index is 0. The average molecular weight is 809 g/mol. The second kappa shape index (κ2) is 13.0. The predicted octanol–water partition coefficient (Wildman–Crippen LogP) is 10.9. The number of fused-ring (bicyclic) bond motifs is 7. The van der Waals surface area contributed by atoms with Crippen molar-refractivity contribution in [2.45, 2.75) is 46.3 Å². The van der Waals surface area contributed by atoms with Crippen LogP contribution in [0.1, 0.15) is 30.9 Å². The summed E-state index contributed by atoms with van der Waals surface area (Å²) in [4.78, 5) is 9.18. The summed E-state index contributed by atoms with van der Waals surface area (Å²) in [6.45, 7) is 13.4. The Morgan fingerprint density at radius 1 is 0.745 bits per heavy atom. The molecule has 4 heterocycles. The molecule has 0 unspecified atom stereocenters. The van der Waals surface area contributed by atoms with Crippen LogP contribution in [0.25, 0.3) is 66.4 Å². The van der Waals surface area contributed by atoms with E-state index in [1.807, 2.05) is 54.9 Å². The van der Waals surface area contributed by atoms with Gasteiger partial charge in [-0.3, -0.25) is 0 Å². The van der Waals surface area contributed by atoms with Gasteiger partial charge < -0.3 is 18.8 Å². The molecule has 0 N–H and O–H groups in total. The first-order valence-corrected chi connectivity index (χ1v) is 19.3. The van der Waals surface area contributed by atoms with E-state index in [0.29, 0.717) is 5.92 Å². The maximum Gasteiger partial charge on any atom is 0.123 e. The smallest absolute Gasteiger partial charge is 0.123 e.